The maximum absolute atomic E-state index is 13.2. The smallest absolute Gasteiger partial charge is 0.255 e. The summed E-state index contributed by atoms with van der Waals surface area (Å²) in [7, 11) is 0. The number of benzene rings is 2. The lowest BCUT2D eigenvalue weighted by atomic mass is 10.1. The first-order valence-electron chi connectivity index (χ1n) is 6.14. The zero-order valence-corrected chi connectivity index (χ0v) is 10.8. The Balaban J connectivity index is 1.85. The zero-order chi connectivity index (χ0) is 14.1. The number of nitrogens with one attached hydrogen (secondary N) is 2. The van der Waals surface area contributed by atoms with E-state index >= 15 is 0 Å². The van der Waals surface area contributed by atoms with Crippen LogP contribution in [-0.4, -0.2) is 16.1 Å². The molecule has 3 aromatic rings. The summed E-state index contributed by atoms with van der Waals surface area (Å²) in [5, 5.41) is 10.5. The maximum Gasteiger partial charge on any atom is 0.255 e. The normalized spacial score (nSPS) is 10.7. The van der Waals surface area contributed by atoms with Crippen molar-refractivity contribution < 1.29 is 9.18 Å². The molecule has 0 aliphatic heterocycles. The number of anilines is 1. The Morgan fingerprint density at radius 3 is 2.90 bits per heavy atom. The van der Waals surface area contributed by atoms with Gasteiger partial charge in [0.2, 0.25) is 0 Å². The standard InChI is InChI=1S/C15H12FN3O/c1-9-6-10(3-5-13(9)16)15(20)18-12-4-2-11-8-17-19-14(11)7-12/h2-8H,1H3,(H,17,19)(H,18,20). The predicted molar refractivity (Wildman–Crippen MR) is 75.2 cm³/mol. The van der Waals surface area contributed by atoms with Crippen LogP contribution in [0.2, 0.25) is 0 Å². The molecule has 5 heteroatoms. The summed E-state index contributed by atoms with van der Waals surface area (Å²) in [6.07, 6.45) is 1.71. The second kappa shape index (κ2) is 4.77. The average Bonchev–Trinajstić information content (AvgIpc) is 2.89. The molecule has 100 valence electrons. The van der Waals surface area contributed by atoms with Gasteiger partial charge in [0.1, 0.15) is 5.82 Å². The molecule has 2 N–H and O–H groups in total. The van der Waals surface area contributed by atoms with Crippen LogP contribution in [0, 0.1) is 12.7 Å². The van der Waals surface area contributed by atoms with Gasteiger partial charge in [-0.3, -0.25) is 9.89 Å². The summed E-state index contributed by atoms with van der Waals surface area (Å²) in [4.78, 5) is 12.1. The van der Waals surface area contributed by atoms with Crippen LogP contribution in [0.15, 0.2) is 42.6 Å². The lowest BCUT2D eigenvalue weighted by Crippen LogP contribution is -2.12. The molecule has 1 aromatic heterocycles. The van der Waals surface area contributed by atoms with Gasteiger partial charge in [0.05, 0.1) is 11.7 Å². The molecule has 1 amide bonds. The number of carbonyl (C=O) groups excluding carboxylic acids is 1. The van der Waals surface area contributed by atoms with Gasteiger partial charge in [0.15, 0.2) is 0 Å². The molecule has 20 heavy (non-hydrogen) atoms. The van der Waals surface area contributed by atoms with Crippen LogP contribution in [-0.2, 0) is 0 Å². The van der Waals surface area contributed by atoms with Crippen molar-refractivity contribution in [3.8, 4) is 0 Å². The number of hydrogen-bond acceptors (Lipinski definition) is 2. The molecule has 0 radical (unpaired) electrons. The fourth-order valence-electron chi connectivity index (χ4n) is 2.00. The van der Waals surface area contributed by atoms with E-state index in [0.717, 1.165) is 10.9 Å². The van der Waals surface area contributed by atoms with Crippen molar-refractivity contribution in [2.45, 2.75) is 6.92 Å². The van der Waals surface area contributed by atoms with Crippen LogP contribution >= 0.6 is 0 Å². The van der Waals surface area contributed by atoms with E-state index in [4.69, 9.17) is 0 Å². The number of aryl methyl sites for hydroxylation is 1. The number of aromatic nitrogens is 2. The third-order valence-electron chi connectivity index (χ3n) is 3.12. The van der Waals surface area contributed by atoms with Gasteiger partial charge < -0.3 is 5.32 Å². The number of H-pyrrole nitrogens is 1. The lowest BCUT2D eigenvalue weighted by molar-refractivity contribution is 0.102. The molecule has 0 aliphatic rings. The van der Waals surface area contributed by atoms with E-state index in [-0.39, 0.29) is 11.7 Å². The van der Waals surface area contributed by atoms with Gasteiger partial charge in [0.25, 0.3) is 5.91 Å². The van der Waals surface area contributed by atoms with E-state index in [0.29, 0.717) is 16.8 Å². The number of fused-ring (bicyclic) bond motifs is 1. The number of hydrogen-bond donors (Lipinski definition) is 2. The molecule has 0 atom stereocenters. The third-order valence-corrected chi connectivity index (χ3v) is 3.12. The molecule has 4 nitrogen and oxygen atoms in total. The Labute approximate surface area is 114 Å². The number of halogens is 1. The maximum atomic E-state index is 13.2. The van der Waals surface area contributed by atoms with Crippen molar-refractivity contribution in [1.29, 1.82) is 0 Å². The molecule has 0 bridgehead atoms. The van der Waals surface area contributed by atoms with Gasteiger partial charge in [-0.2, -0.15) is 5.10 Å². The van der Waals surface area contributed by atoms with Gasteiger partial charge in [-0.05, 0) is 48.9 Å². The molecule has 0 unspecified atom stereocenters. The first-order chi connectivity index (χ1) is 9.63. The summed E-state index contributed by atoms with van der Waals surface area (Å²) in [6, 6.07) is 9.75. The quantitative estimate of drug-likeness (QED) is 0.750. The molecule has 0 saturated heterocycles. The Bertz CT molecular complexity index is 795. The molecule has 0 aliphatic carbocycles. The number of amides is 1. The average molecular weight is 269 g/mol. The molecule has 0 fully saturated rings. The van der Waals surface area contributed by atoms with E-state index < -0.39 is 0 Å². The first kappa shape index (κ1) is 12.3. The van der Waals surface area contributed by atoms with Gasteiger partial charge in [-0.1, -0.05) is 0 Å². The van der Waals surface area contributed by atoms with Gasteiger partial charge in [-0.15, -0.1) is 0 Å². The van der Waals surface area contributed by atoms with E-state index in [2.05, 4.69) is 15.5 Å². The van der Waals surface area contributed by atoms with Crippen LogP contribution in [0.5, 0.6) is 0 Å². The topological polar surface area (TPSA) is 57.8 Å². The van der Waals surface area contributed by atoms with Gasteiger partial charge in [-0.25, -0.2) is 4.39 Å². The van der Waals surface area contributed by atoms with Crippen LogP contribution in [0.3, 0.4) is 0 Å². The monoisotopic (exact) mass is 269 g/mol. The van der Waals surface area contributed by atoms with Crippen molar-refractivity contribution in [3.05, 3.63) is 59.5 Å². The highest BCUT2D eigenvalue weighted by Crippen LogP contribution is 2.18. The number of rotatable bonds is 2. The molecule has 3 rings (SSSR count). The van der Waals surface area contributed by atoms with Crippen molar-refractivity contribution in [2.24, 2.45) is 0 Å². The molecule has 1 heterocycles. The first-order valence-corrected chi connectivity index (χ1v) is 6.14. The Kier molecular flexibility index (Phi) is 2.95. The summed E-state index contributed by atoms with van der Waals surface area (Å²) in [5.41, 5.74) is 2.38. The Morgan fingerprint density at radius 1 is 1.25 bits per heavy atom. The molecule has 2 aromatic carbocycles. The van der Waals surface area contributed by atoms with E-state index in [1.807, 2.05) is 6.07 Å². The second-order valence-corrected chi connectivity index (χ2v) is 4.59. The van der Waals surface area contributed by atoms with Crippen LogP contribution < -0.4 is 5.32 Å². The number of aromatic amines is 1. The fraction of sp³-hybridized carbons (Fsp3) is 0.0667. The summed E-state index contributed by atoms with van der Waals surface area (Å²) in [5.74, 6) is -0.590. The van der Waals surface area contributed by atoms with Crippen LogP contribution in [0.4, 0.5) is 10.1 Å². The highest BCUT2D eigenvalue weighted by Gasteiger charge is 2.08. The second-order valence-electron chi connectivity index (χ2n) is 4.59. The fourth-order valence-corrected chi connectivity index (χ4v) is 2.00. The largest absolute Gasteiger partial charge is 0.322 e. The molecule has 0 spiro atoms. The minimum absolute atomic E-state index is 0.271. The van der Waals surface area contributed by atoms with Crippen molar-refractivity contribution in [1.82, 2.24) is 10.2 Å². The Hall–Kier alpha value is -2.69. The van der Waals surface area contributed by atoms with Gasteiger partial charge >= 0.3 is 0 Å². The highest BCUT2D eigenvalue weighted by molar-refractivity contribution is 6.05. The summed E-state index contributed by atoms with van der Waals surface area (Å²) in [6.45, 7) is 1.63. The number of nitrogens with zero attached hydrogens (tertiary/aromatic N) is 1. The van der Waals surface area contributed by atoms with Crippen LogP contribution in [0.1, 0.15) is 15.9 Å². The minimum atomic E-state index is -0.319. The van der Waals surface area contributed by atoms with Crippen molar-refractivity contribution >= 4 is 22.5 Å². The summed E-state index contributed by atoms with van der Waals surface area (Å²) >= 11 is 0. The van der Waals surface area contributed by atoms with Crippen molar-refractivity contribution in [3.63, 3.8) is 0 Å². The van der Waals surface area contributed by atoms with Gasteiger partial charge in [0, 0.05) is 16.6 Å². The predicted octanol–water partition coefficient (Wildman–Crippen LogP) is 3.26. The zero-order valence-electron chi connectivity index (χ0n) is 10.8. The van der Waals surface area contributed by atoms with Crippen molar-refractivity contribution in [2.75, 3.05) is 5.32 Å². The van der Waals surface area contributed by atoms with E-state index in [9.17, 15) is 9.18 Å². The molecular formula is C15H12FN3O. The number of carbonyl (C=O) groups is 1. The molecular weight excluding hydrogens is 257 g/mol. The summed E-state index contributed by atoms with van der Waals surface area (Å²) < 4.78 is 13.2. The molecule has 0 saturated carbocycles. The SMILES string of the molecule is Cc1cc(C(=O)Nc2ccc3cn[nH]c3c2)ccc1F. The van der Waals surface area contributed by atoms with E-state index in [1.165, 1.54) is 18.2 Å². The van der Waals surface area contributed by atoms with Crippen LogP contribution in [0.25, 0.3) is 10.9 Å². The lowest BCUT2D eigenvalue weighted by Gasteiger charge is -2.06. The van der Waals surface area contributed by atoms with E-state index in [1.54, 1.807) is 25.3 Å². The highest BCUT2D eigenvalue weighted by atomic mass is 19.1. The third kappa shape index (κ3) is 2.25. The Morgan fingerprint density at radius 2 is 2.10 bits per heavy atom. The minimum Gasteiger partial charge on any atom is -0.322 e.